The zero-order valence-corrected chi connectivity index (χ0v) is 14.6. The summed E-state index contributed by atoms with van der Waals surface area (Å²) in [4.78, 5) is 12.8. The summed E-state index contributed by atoms with van der Waals surface area (Å²) in [5.74, 6) is 1.53. The van der Waals surface area contributed by atoms with Crippen LogP contribution < -0.4 is 20.9 Å². The molecule has 1 aromatic carbocycles. The van der Waals surface area contributed by atoms with Gasteiger partial charge >= 0.3 is 6.01 Å². The molecule has 1 aliphatic rings. The van der Waals surface area contributed by atoms with Gasteiger partial charge in [0, 0.05) is 35.1 Å². The lowest BCUT2D eigenvalue weighted by Gasteiger charge is -2.18. The van der Waals surface area contributed by atoms with E-state index >= 15 is 0 Å². The molecular formula is C19H19N5O2. The van der Waals surface area contributed by atoms with Crippen molar-refractivity contribution < 1.29 is 9.47 Å². The highest BCUT2D eigenvalue weighted by atomic mass is 16.5. The molecule has 0 saturated heterocycles. The Morgan fingerprint density at radius 1 is 1.08 bits per heavy atom. The van der Waals surface area contributed by atoms with Crippen LogP contribution in [0.15, 0.2) is 42.9 Å². The summed E-state index contributed by atoms with van der Waals surface area (Å²) < 4.78 is 11.7. The van der Waals surface area contributed by atoms with Crippen LogP contribution in [0, 0.1) is 0 Å². The summed E-state index contributed by atoms with van der Waals surface area (Å²) in [5.41, 5.74) is 14.8. The molecule has 0 radical (unpaired) electrons. The Hall–Kier alpha value is -3.35. The summed E-state index contributed by atoms with van der Waals surface area (Å²) >= 11 is 0. The number of hydrogen-bond donors (Lipinski definition) is 2. The van der Waals surface area contributed by atoms with Gasteiger partial charge in [-0.25, -0.2) is 9.97 Å². The first-order chi connectivity index (χ1) is 12.5. The molecule has 0 aliphatic carbocycles. The largest absolute Gasteiger partial charge is 0.492 e. The summed E-state index contributed by atoms with van der Waals surface area (Å²) in [6.07, 6.45) is 4.83. The zero-order chi connectivity index (χ0) is 18.3. The Balaban J connectivity index is 1.64. The number of nitrogens with zero attached hydrogens (tertiary/aromatic N) is 3. The minimum Gasteiger partial charge on any atom is -0.492 e. The maximum atomic E-state index is 5.98. The van der Waals surface area contributed by atoms with Gasteiger partial charge in [-0.2, -0.15) is 0 Å². The van der Waals surface area contributed by atoms with Crippen molar-refractivity contribution in [1.82, 2.24) is 15.0 Å². The van der Waals surface area contributed by atoms with E-state index in [-0.39, 0.29) is 11.4 Å². The van der Waals surface area contributed by atoms with E-state index in [0.29, 0.717) is 35.0 Å². The van der Waals surface area contributed by atoms with Gasteiger partial charge in [0.1, 0.15) is 11.5 Å². The maximum Gasteiger partial charge on any atom is 0.321 e. The van der Waals surface area contributed by atoms with Crippen molar-refractivity contribution in [3.8, 4) is 28.8 Å². The third kappa shape index (κ3) is 2.67. The van der Waals surface area contributed by atoms with Gasteiger partial charge in [-0.05, 0) is 18.2 Å². The smallest absolute Gasteiger partial charge is 0.321 e. The second-order valence-electron chi connectivity index (χ2n) is 6.82. The van der Waals surface area contributed by atoms with Crippen LogP contribution >= 0.6 is 0 Å². The fourth-order valence-corrected chi connectivity index (χ4v) is 3.02. The van der Waals surface area contributed by atoms with Crippen LogP contribution in [-0.4, -0.2) is 21.6 Å². The lowest BCUT2D eigenvalue weighted by Crippen LogP contribution is -2.19. The fourth-order valence-electron chi connectivity index (χ4n) is 3.02. The van der Waals surface area contributed by atoms with E-state index in [1.165, 1.54) is 0 Å². The van der Waals surface area contributed by atoms with E-state index in [0.717, 1.165) is 11.3 Å². The number of pyridine rings is 1. The van der Waals surface area contributed by atoms with Crippen molar-refractivity contribution in [2.24, 2.45) is 0 Å². The Labute approximate surface area is 151 Å². The monoisotopic (exact) mass is 349 g/mol. The number of benzene rings is 1. The van der Waals surface area contributed by atoms with Crippen molar-refractivity contribution in [2.45, 2.75) is 19.3 Å². The number of hydrogen-bond acceptors (Lipinski definition) is 7. The third-order valence-electron chi connectivity index (χ3n) is 4.38. The number of rotatable bonds is 3. The average Bonchev–Trinajstić information content (AvgIpc) is 2.94. The summed E-state index contributed by atoms with van der Waals surface area (Å²) in [5, 5.41) is 0. The van der Waals surface area contributed by atoms with Gasteiger partial charge in [0.15, 0.2) is 0 Å². The minimum atomic E-state index is -0.133. The molecule has 0 saturated carbocycles. The number of aromatic nitrogens is 3. The van der Waals surface area contributed by atoms with Crippen molar-refractivity contribution in [3.05, 3.63) is 48.4 Å². The van der Waals surface area contributed by atoms with Crippen LogP contribution in [0.1, 0.15) is 19.4 Å². The quantitative estimate of drug-likeness (QED) is 0.747. The minimum absolute atomic E-state index is 0.133. The first-order valence-electron chi connectivity index (χ1n) is 8.22. The van der Waals surface area contributed by atoms with Crippen LogP contribution in [0.25, 0.3) is 11.3 Å². The molecular weight excluding hydrogens is 330 g/mol. The van der Waals surface area contributed by atoms with Gasteiger partial charge in [0.05, 0.1) is 23.7 Å². The number of ether oxygens (including phenoxy) is 2. The first kappa shape index (κ1) is 16.1. The van der Waals surface area contributed by atoms with E-state index in [1.54, 1.807) is 24.7 Å². The van der Waals surface area contributed by atoms with Crippen LogP contribution in [0.2, 0.25) is 0 Å². The predicted octanol–water partition coefficient (Wildman–Crippen LogP) is 3.17. The molecule has 26 heavy (non-hydrogen) atoms. The first-order valence-corrected chi connectivity index (χ1v) is 8.22. The molecule has 0 amide bonds. The highest BCUT2D eigenvalue weighted by Crippen LogP contribution is 2.45. The van der Waals surface area contributed by atoms with Crippen LogP contribution in [-0.2, 0) is 5.41 Å². The van der Waals surface area contributed by atoms with Gasteiger partial charge in [-0.3, -0.25) is 4.98 Å². The standard InChI is InChI=1S/C19H19N5O2/c1-19(2)10-25-13-4-3-5-14(15(13)19)26-18-23-8-11(9-24-18)17-16(21)12(20)6-7-22-17/h3-9H,10,21H2,1-2H3,(H2,20,22). The third-order valence-corrected chi connectivity index (χ3v) is 4.38. The molecule has 4 rings (SSSR count). The fraction of sp³-hybridized carbons (Fsp3) is 0.211. The maximum absolute atomic E-state index is 5.98. The molecule has 1 aliphatic heterocycles. The second-order valence-corrected chi connectivity index (χ2v) is 6.82. The Morgan fingerprint density at radius 3 is 2.62 bits per heavy atom. The van der Waals surface area contributed by atoms with Crippen molar-refractivity contribution >= 4 is 11.4 Å². The number of fused-ring (bicyclic) bond motifs is 1. The average molecular weight is 349 g/mol. The van der Waals surface area contributed by atoms with E-state index in [9.17, 15) is 0 Å². The highest BCUT2D eigenvalue weighted by Gasteiger charge is 2.35. The Bertz CT molecular complexity index is 970. The predicted molar refractivity (Wildman–Crippen MR) is 99.1 cm³/mol. The molecule has 3 aromatic rings. The van der Waals surface area contributed by atoms with E-state index in [1.807, 2.05) is 18.2 Å². The zero-order valence-electron chi connectivity index (χ0n) is 14.6. The molecule has 4 N–H and O–H groups in total. The van der Waals surface area contributed by atoms with Crippen molar-refractivity contribution in [1.29, 1.82) is 0 Å². The van der Waals surface area contributed by atoms with Gasteiger partial charge in [0.25, 0.3) is 0 Å². The molecule has 0 atom stereocenters. The lowest BCUT2D eigenvalue weighted by atomic mass is 9.86. The van der Waals surface area contributed by atoms with Gasteiger partial charge in [0.2, 0.25) is 0 Å². The van der Waals surface area contributed by atoms with Gasteiger partial charge in [-0.1, -0.05) is 19.9 Å². The number of nitrogens with two attached hydrogens (primary N) is 2. The highest BCUT2D eigenvalue weighted by molar-refractivity contribution is 5.80. The van der Waals surface area contributed by atoms with Crippen molar-refractivity contribution in [3.63, 3.8) is 0 Å². The van der Waals surface area contributed by atoms with Crippen LogP contribution in [0.5, 0.6) is 17.5 Å². The van der Waals surface area contributed by atoms with Crippen molar-refractivity contribution in [2.75, 3.05) is 18.1 Å². The second kappa shape index (κ2) is 5.87. The molecule has 7 heteroatoms. The van der Waals surface area contributed by atoms with Gasteiger partial charge < -0.3 is 20.9 Å². The molecule has 2 aromatic heterocycles. The van der Waals surface area contributed by atoms with E-state index in [4.69, 9.17) is 20.9 Å². The normalized spacial score (nSPS) is 14.5. The molecule has 7 nitrogen and oxygen atoms in total. The van der Waals surface area contributed by atoms with E-state index in [2.05, 4.69) is 28.8 Å². The molecule has 132 valence electrons. The van der Waals surface area contributed by atoms with Gasteiger partial charge in [-0.15, -0.1) is 0 Å². The molecule has 0 spiro atoms. The number of nitrogen functional groups attached to an aromatic ring is 2. The van der Waals surface area contributed by atoms with Crippen LogP contribution in [0.4, 0.5) is 11.4 Å². The summed E-state index contributed by atoms with van der Waals surface area (Å²) in [6, 6.07) is 7.62. The molecule has 3 heterocycles. The SMILES string of the molecule is CC1(C)COc2cccc(Oc3ncc(-c4nccc(N)c4N)cn3)c21. The van der Waals surface area contributed by atoms with Crippen LogP contribution in [0.3, 0.4) is 0 Å². The summed E-state index contributed by atoms with van der Waals surface area (Å²) in [6.45, 7) is 4.84. The Kier molecular flexibility index (Phi) is 3.64. The molecule has 0 fully saturated rings. The lowest BCUT2D eigenvalue weighted by molar-refractivity contribution is 0.290. The van der Waals surface area contributed by atoms with E-state index < -0.39 is 0 Å². The number of anilines is 2. The summed E-state index contributed by atoms with van der Waals surface area (Å²) in [7, 11) is 0. The Morgan fingerprint density at radius 2 is 1.85 bits per heavy atom. The topological polar surface area (TPSA) is 109 Å². The molecule has 0 unspecified atom stereocenters. The molecule has 0 bridgehead atoms.